The van der Waals surface area contributed by atoms with Crippen molar-refractivity contribution in [1.82, 2.24) is 0 Å². The van der Waals surface area contributed by atoms with Crippen molar-refractivity contribution in [2.75, 3.05) is 14.2 Å². The van der Waals surface area contributed by atoms with Crippen LogP contribution in [0.5, 0.6) is 11.5 Å². The second kappa shape index (κ2) is 6.60. The van der Waals surface area contributed by atoms with E-state index in [0.29, 0.717) is 17.1 Å². The molecule has 3 heteroatoms. The van der Waals surface area contributed by atoms with Crippen LogP contribution in [0.15, 0.2) is 18.2 Å². The summed E-state index contributed by atoms with van der Waals surface area (Å²) in [5.41, 5.74) is 0.555. The van der Waals surface area contributed by atoms with Gasteiger partial charge in [-0.2, -0.15) is 0 Å². The number of hydrogen-bond acceptors (Lipinski definition) is 3. The van der Waals surface area contributed by atoms with Gasteiger partial charge in [0.1, 0.15) is 17.1 Å². The van der Waals surface area contributed by atoms with E-state index in [-0.39, 0.29) is 23.5 Å². The monoisotopic (exact) mass is 264 g/mol. The molecule has 0 unspecified atom stereocenters. The first-order valence-electron chi connectivity index (χ1n) is 6.69. The molecule has 0 bridgehead atoms. The van der Waals surface area contributed by atoms with Crippen LogP contribution in [0.2, 0.25) is 0 Å². The zero-order valence-electron chi connectivity index (χ0n) is 12.7. The molecule has 0 aliphatic rings. The molecule has 0 radical (unpaired) electrons. The third-order valence-electron chi connectivity index (χ3n) is 3.41. The summed E-state index contributed by atoms with van der Waals surface area (Å²) >= 11 is 0. The van der Waals surface area contributed by atoms with Crippen molar-refractivity contribution in [2.24, 2.45) is 17.8 Å². The molecular formula is C16H24O3. The number of Topliss-reactive ketones (excluding diaryl/α,β-unsaturated/α-hetero) is 1. The van der Waals surface area contributed by atoms with Crippen LogP contribution < -0.4 is 9.47 Å². The molecule has 0 N–H and O–H groups in total. The Kier molecular flexibility index (Phi) is 5.40. The van der Waals surface area contributed by atoms with Gasteiger partial charge < -0.3 is 9.47 Å². The van der Waals surface area contributed by atoms with E-state index in [9.17, 15) is 4.79 Å². The van der Waals surface area contributed by atoms with Crippen LogP contribution in [0.3, 0.4) is 0 Å². The number of hydrogen-bond donors (Lipinski definition) is 0. The fraction of sp³-hybridized carbons (Fsp3) is 0.562. The summed E-state index contributed by atoms with van der Waals surface area (Å²) < 4.78 is 10.6. The summed E-state index contributed by atoms with van der Waals surface area (Å²) in [6.07, 6.45) is 0. The van der Waals surface area contributed by atoms with Gasteiger partial charge in [-0.3, -0.25) is 4.79 Å². The molecule has 0 heterocycles. The molecule has 0 saturated heterocycles. The number of carbonyl (C=O) groups excluding carboxylic acids is 1. The van der Waals surface area contributed by atoms with Gasteiger partial charge in [-0.15, -0.1) is 0 Å². The number of benzene rings is 1. The fourth-order valence-electron chi connectivity index (χ4n) is 2.64. The molecule has 1 aromatic carbocycles. The number of ketones is 1. The van der Waals surface area contributed by atoms with Crippen molar-refractivity contribution in [3.63, 3.8) is 0 Å². The lowest BCUT2D eigenvalue weighted by molar-refractivity contribution is 0.0833. The molecule has 3 nitrogen and oxygen atoms in total. The molecule has 0 fully saturated rings. The SMILES string of the molecule is COc1cccc(OC)c1C(=O)C(C(C)C)C(C)C. The van der Waals surface area contributed by atoms with Gasteiger partial charge in [0.15, 0.2) is 5.78 Å². The van der Waals surface area contributed by atoms with Crippen LogP contribution >= 0.6 is 0 Å². The van der Waals surface area contributed by atoms with E-state index in [0.717, 1.165) is 0 Å². The molecule has 0 aromatic heterocycles. The molecule has 19 heavy (non-hydrogen) atoms. The first-order valence-corrected chi connectivity index (χ1v) is 6.69. The van der Waals surface area contributed by atoms with E-state index in [1.807, 2.05) is 6.07 Å². The van der Waals surface area contributed by atoms with E-state index in [1.54, 1.807) is 26.4 Å². The molecule has 0 aliphatic heterocycles. The standard InChI is InChI=1S/C16H24O3/c1-10(2)14(11(3)4)16(17)15-12(18-5)8-7-9-13(15)19-6/h7-11,14H,1-6H3. The summed E-state index contributed by atoms with van der Waals surface area (Å²) in [6.45, 7) is 8.30. The normalized spacial score (nSPS) is 11.2. The van der Waals surface area contributed by atoms with Gasteiger partial charge >= 0.3 is 0 Å². The Morgan fingerprint density at radius 3 is 1.68 bits per heavy atom. The topological polar surface area (TPSA) is 35.5 Å². The third kappa shape index (κ3) is 3.28. The summed E-state index contributed by atoms with van der Waals surface area (Å²) in [5, 5.41) is 0. The summed E-state index contributed by atoms with van der Waals surface area (Å²) in [6, 6.07) is 5.43. The largest absolute Gasteiger partial charge is 0.496 e. The van der Waals surface area contributed by atoms with E-state index < -0.39 is 0 Å². The maximum atomic E-state index is 12.8. The summed E-state index contributed by atoms with van der Waals surface area (Å²) in [4.78, 5) is 12.8. The van der Waals surface area contributed by atoms with Crippen LogP contribution in [-0.4, -0.2) is 20.0 Å². The lowest BCUT2D eigenvalue weighted by Crippen LogP contribution is -2.26. The molecule has 0 saturated carbocycles. The first-order chi connectivity index (χ1) is 8.93. The van der Waals surface area contributed by atoms with Gasteiger partial charge in [0.05, 0.1) is 14.2 Å². The van der Waals surface area contributed by atoms with Crippen LogP contribution in [-0.2, 0) is 0 Å². The minimum Gasteiger partial charge on any atom is -0.496 e. The maximum absolute atomic E-state index is 12.8. The van der Waals surface area contributed by atoms with Gasteiger partial charge in [-0.05, 0) is 24.0 Å². The molecule has 1 aromatic rings. The molecule has 0 spiro atoms. The minimum absolute atomic E-state index is 0.0369. The van der Waals surface area contributed by atoms with Crippen molar-refractivity contribution in [3.05, 3.63) is 23.8 Å². The average molecular weight is 264 g/mol. The molecule has 1 rings (SSSR count). The quantitative estimate of drug-likeness (QED) is 0.733. The Bertz CT molecular complexity index is 405. The highest BCUT2D eigenvalue weighted by molar-refractivity contribution is 6.03. The number of methoxy groups -OCH3 is 2. The van der Waals surface area contributed by atoms with E-state index >= 15 is 0 Å². The van der Waals surface area contributed by atoms with Gasteiger partial charge in [0.2, 0.25) is 0 Å². The number of ether oxygens (including phenoxy) is 2. The van der Waals surface area contributed by atoms with Gasteiger partial charge in [-0.25, -0.2) is 0 Å². The lowest BCUT2D eigenvalue weighted by Gasteiger charge is -2.25. The zero-order valence-corrected chi connectivity index (χ0v) is 12.7. The van der Waals surface area contributed by atoms with E-state index in [2.05, 4.69) is 27.7 Å². The summed E-state index contributed by atoms with van der Waals surface area (Å²) in [7, 11) is 3.15. The predicted molar refractivity (Wildman–Crippen MR) is 77.0 cm³/mol. The Hall–Kier alpha value is -1.51. The molecule has 106 valence electrons. The Morgan fingerprint density at radius 2 is 1.37 bits per heavy atom. The highest BCUT2D eigenvalue weighted by Gasteiger charge is 2.30. The molecular weight excluding hydrogens is 240 g/mol. The van der Waals surface area contributed by atoms with Crippen molar-refractivity contribution in [2.45, 2.75) is 27.7 Å². The second-order valence-electron chi connectivity index (χ2n) is 5.42. The summed E-state index contributed by atoms with van der Waals surface area (Å²) in [5.74, 6) is 1.78. The number of rotatable bonds is 6. The highest BCUT2D eigenvalue weighted by Crippen LogP contribution is 2.34. The van der Waals surface area contributed by atoms with Gasteiger partial charge in [0.25, 0.3) is 0 Å². The van der Waals surface area contributed by atoms with Crippen molar-refractivity contribution >= 4 is 5.78 Å². The number of carbonyl (C=O) groups is 1. The average Bonchev–Trinajstić information content (AvgIpc) is 2.36. The van der Waals surface area contributed by atoms with Gasteiger partial charge in [-0.1, -0.05) is 33.8 Å². The van der Waals surface area contributed by atoms with Gasteiger partial charge in [0, 0.05) is 5.92 Å². The van der Waals surface area contributed by atoms with Crippen LogP contribution in [0.25, 0.3) is 0 Å². The van der Waals surface area contributed by atoms with Crippen molar-refractivity contribution in [3.8, 4) is 11.5 Å². The Morgan fingerprint density at radius 1 is 0.947 bits per heavy atom. The highest BCUT2D eigenvalue weighted by atomic mass is 16.5. The predicted octanol–water partition coefficient (Wildman–Crippen LogP) is 3.81. The van der Waals surface area contributed by atoms with Crippen molar-refractivity contribution in [1.29, 1.82) is 0 Å². The van der Waals surface area contributed by atoms with E-state index in [1.165, 1.54) is 0 Å². The molecule has 0 atom stereocenters. The van der Waals surface area contributed by atoms with E-state index in [4.69, 9.17) is 9.47 Å². The maximum Gasteiger partial charge on any atom is 0.173 e. The lowest BCUT2D eigenvalue weighted by atomic mass is 9.79. The fourth-order valence-corrected chi connectivity index (χ4v) is 2.64. The second-order valence-corrected chi connectivity index (χ2v) is 5.42. The third-order valence-corrected chi connectivity index (χ3v) is 3.41. The Labute approximate surface area is 115 Å². The minimum atomic E-state index is -0.0369. The molecule has 0 amide bonds. The first kappa shape index (κ1) is 15.5. The molecule has 0 aliphatic carbocycles. The van der Waals surface area contributed by atoms with Crippen LogP contribution in [0.4, 0.5) is 0 Å². The smallest absolute Gasteiger partial charge is 0.173 e. The Balaban J connectivity index is 3.31. The van der Waals surface area contributed by atoms with Crippen LogP contribution in [0, 0.1) is 17.8 Å². The zero-order chi connectivity index (χ0) is 14.6. The van der Waals surface area contributed by atoms with Crippen LogP contribution in [0.1, 0.15) is 38.1 Å². The van der Waals surface area contributed by atoms with Crippen molar-refractivity contribution < 1.29 is 14.3 Å².